The summed E-state index contributed by atoms with van der Waals surface area (Å²) in [5.41, 5.74) is 0.779. The Hall–Kier alpha value is -2.41. The topological polar surface area (TPSA) is 64.6 Å². The third kappa shape index (κ3) is 4.53. The summed E-state index contributed by atoms with van der Waals surface area (Å²) >= 11 is 3.10. The standard InChI is InChI=1S/C16H13BrFNO4/c1-22-15(20)12-7-11(18)8-13(17)14(12)19-16(21)23-9-10-5-3-2-4-6-10/h2-8H,9H2,1H3,(H,19,21). The lowest BCUT2D eigenvalue weighted by Gasteiger charge is -2.12. The minimum atomic E-state index is -0.774. The Labute approximate surface area is 140 Å². The van der Waals surface area contributed by atoms with Crippen LogP contribution >= 0.6 is 15.9 Å². The Kier molecular flexibility index (Phi) is 5.70. The molecule has 0 spiro atoms. The van der Waals surface area contributed by atoms with E-state index in [2.05, 4.69) is 26.0 Å². The normalized spacial score (nSPS) is 10.0. The van der Waals surface area contributed by atoms with Crippen LogP contribution in [0.2, 0.25) is 0 Å². The summed E-state index contributed by atoms with van der Waals surface area (Å²) in [5, 5.41) is 2.42. The van der Waals surface area contributed by atoms with Crippen LogP contribution in [0.15, 0.2) is 46.9 Å². The van der Waals surface area contributed by atoms with Gasteiger partial charge in [0.2, 0.25) is 0 Å². The summed E-state index contributed by atoms with van der Waals surface area (Å²) in [6.45, 7) is 0.0685. The van der Waals surface area contributed by atoms with Crippen LogP contribution in [0.5, 0.6) is 0 Å². The Bertz CT molecular complexity index is 722. The molecule has 0 aliphatic heterocycles. The van der Waals surface area contributed by atoms with E-state index in [0.717, 1.165) is 17.7 Å². The minimum Gasteiger partial charge on any atom is -0.465 e. The van der Waals surface area contributed by atoms with Crippen LogP contribution in [-0.2, 0) is 16.1 Å². The molecule has 0 heterocycles. The van der Waals surface area contributed by atoms with Gasteiger partial charge in [-0.1, -0.05) is 30.3 Å². The number of anilines is 1. The second-order valence-electron chi connectivity index (χ2n) is 4.49. The molecule has 23 heavy (non-hydrogen) atoms. The minimum absolute atomic E-state index is 0.0685. The molecule has 0 aliphatic rings. The molecular formula is C16H13BrFNO4. The monoisotopic (exact) mass is 381 g/mol. The number of carbonyl (C=O) groups is 2. The van der Waals surface area contributed by atoms with Gasteiger partial charge in [0.05, 0.1) is 18.4 Å². The third-order valence-electron chi connectivity index (χ3n) is 2.90. The number of benzene rings is 2. The molecule has 0 radical (unpaired) electrons. The maximum absolute atomic E-state index is 13.4. The van der Waals surface area contributed by atoms with E-state index < -0.39 is 17.9 Å². The predicted octanol–water partition coefficient (Wildman–Crippen LogP) is 4.12. The summed E-state index contributed by atoms with van der Waals surface area (Å²) in [6, 6.07) is 11.2. The van der Waals surface area contributed by atoms with Gasteiger partial charge in [-0.15, -0.1) is 0 Å². The highest BCUT2D eigenvalue weighted by Gasteiger charge is 2.19. The fourth-order valence-corrected chi connectivity index (χ4v) is 2.36. The molecular weight excluding hydrogens is 369 g/mol. The van der Waals surface area contributed by atoms with E-state index >= 15 is 0 Å². The number of rotatable bonds is 4. The summed E-state index contributed by atoms with van der Waals surface area (Å²) in [6.07, 6.45) is -0.772. The molecule has 5 nitrogen and oxygen atoms in total. The molecule has 7 heteroatoms. The zero-order valence-electron chi connectivity index (χ0n) is 12.1. The van der Waals surface area contributed by atoms with E-state index in [9.17, 15) is 14.0 Å². The quantitative estimate of drug-likeness (QED) is 0.808. The van der Waals surface area contributed by atoms with Gasteiger partial charge < -0.3 is 9.47 Å². The molecule has 0 aliphatic carbocycles. The van der Waals surface area contributed by atoms with Crippen molar-refractivity contribution in [3.63, 3.8) is 0 Å². The van der Waals surface area contributed by atoms with E-state index in [-0.39, 0.29) is 22.3 Å². The molecule has 0 unspecified atom stereocenters. The number of hydrogen-bond donors (Lipinski definition) is 1. The van der Waals surface area contributed by atoms with Gasteiger partial charge in [-0.3, -0.25) is 5.32 Å². The number of nitrogens with one attached hydrogen (secondary N) is 1. The van der Waals surface area contributed by atoms with Crippen molar-refractivity contribution in [1.82, 2.24) is 0 Å². The highest BCUT2D eigenvalue weighted by molar-refractivity contribution is 9.10. The molecule has 0 saturated heterocycles. The van der Waals surface area contributed by atoms with E-state index in [1.807, 2.05) is 18.2 Å². The Morgan fingerprint density at radius 3 is 2.57 bits per heavy atom. The molecule has 0 saturated carbocycles. The summed E-state index contributed by atoms with van der Waals surface area (Å²) in [5.74, 6) is -1.41. The highest BCUT2D eigenvalue weighted by atomic mass is 79.9. The lowest BCUT2D eigenvalue weighted by Crippen LogP contribution is -2.17. The van der Waals surface area contributed by atoms with Gasteiger partial charge in [0.25, 0.3) is 0 Å². The molecule has 120 valence electrons. The van der Waals surface area contributed by atoms with E-state index in [1.54, 1.807) is 12.1 Å². The number of halogens is 2. The fourth-order valence-electron chi connectivity index (χ4n) is 1.83. The predicted molar refractivity (Wildman–Crippen MR) is 85.7 cm³/mol. The van der Waals surface area contributed by atoms with Gasteiger partial charge >= 0.3 is 12.1 Å². The Morgan fingerprint density at radius 2 is 1.91 bits per heavy atom. The van der Waals surface area contributed by atoms with E-state index in [4.69, 9.17) is 4.74 Å². The first-order valence-electron chi connectivity index (χ1n) is 6.56. The van der Waals surface area contributed by atoms with Gasteiger partial charge in [0.15, 0.2) is 0 Å². The number of ether oxygens (including phenoxy) is 2. The Balaban J connectivity index is 2.12. The van der Waals surface area contributed by atoms with Gasteiger partial charge in [0.1, 0.15) is 12.4 Å². The Morgan fingerprint density at radius 1 is 1.22 bits per heavy atom. The molecule has 1 N–H and O–H groups in total. The molecule has 0 bridgehead atoms. The van der Waals surface area contributed by atoms with Gasteiger partial charge in [0, 0.05) is 4.47 Å². The molecule has 2 rings (SSSR count). The molecule has 2 aromatic carbocycles. The molecule has 0 atom stereocenters. The molecule has 0 aromatic heterocycles. The average molecular weight is 382 g/mol. The van der Waals surface area contributed by atoms with Crippen LogP contribution in [0.1, 0.15) is 15.9 Å². The van der Waals surface area contributed by atoms with Crippen molar-refractivity contribution in [2.75, 3.05) is 12.4 Å². The van der Waals surface area contributed by atoms with Crippen LogP contribution in [0.4, 0.5) is 14.9 Å². The number of carbonyl (C=O) groups excluding carboxylic acids is 2. The van der Waals surface area contributed by atoms with Crippen LogP contribution in [-0.4, -0.2) is 19.2 Å². The van der Waals surface area contributed by atoms with Gasteiger partial charge in [-0.05, 0) is 33.6 Å². The van der Waals surface area contributed by atoms with Crippen LogP contribution in [0.25, 0.3) is 0 Å². The first-order valence-corrected chi connectivity index (χ1v) is 7.35. The van der Waals surface area contributed by atoms with Crippen LogP contribution in [0.3, 0.4) is 0 Å². The fraction of sp³-hybridized carbons (Fsp3) is 0.125. The zero-order chi connectivity index (χ0) is 16.8. The highest BCUT2D eigenvalue weighted by Crippen LogP contribution is 2.29. The van der Waals surface area contributed by atoms with Crippen molar-refractivity contribution in [2.45, 2.75) is 6.61 Å². The molecule has 1 amide bonds. The number of methoxy groups -OCH3 is 1. The first kappa shape index (κ1) is 17.0. The maximum atomic E-state index is 13.4. The first-order chi connectivity index (χ1) is 11.0. The zero-order valence-corrected chi connectivity index (χ0v) is 13.7. The summed E-state index contributed by atoms with van der Waals surface area (Å²) in [4.78, 5) is 23.6. The van der Waals surface area contributed by atoms with Crippen LogP contribution in [0, 0.1) is 5.82 Å². The van der Waals surface area contributed by atoms with Crippen molar-refractivity contribution >= 4 is 33.7 Å². The van der Waals surface area contributed by atoms with E-state index in [0.29, 0.717) is 0 Å². The van der Waals surface area contributed by atoms with Crippen molar-refractivity contribution in [1.29, 1.82) is 0 Å². The summed E-state index contributed by atoms with van der Waals surface area (Å²) < 4.78 is 23.3. The maximum Gasteiger partial charge on any atom is 0.412 e. The smallest absolute Gasteiger partial charge is 0.412 e. The summed E-state index contributed by atoms with van der Waals surface area (Å²) in [7, 11) is 1.17. The van der Waals surface area contributed by atoms with Crippen molar-refractivity contribution in [3.8, 4) is 0 Å². The molecule has 0 fully saturated rings. The lowest BCUT2D eigenvalue weighted by molar-refractivity contribution is 0.0601. The van der Waals surface area contributed by atoms with Crippen molar-refractivity contribution in [3.05, 3.63) is 63.9 Å². The van der Waals surface area contributed by atoms with E-state index in [1.165, 1.54) is 7.11 Å². The molecule has 2 aromatic rings. The second-order valence-corrected chi connectivity index (χ2v) is 5.34. The third-order valence-corrected chi connectivity index (χ3v) is 3.53. The van der Waals surface area contributed by atoms with Crippen molar-refractivity contribution in [2.24, 2.45) is 0 Å². The van der Waals surface area contributed by atoms with Crippen LogP contribution < -0.4 is 5.32 Å². The van der Waals surface area contributed by atoms with Gasteiger partial charge in [-0.25, -0.2) is 14.0 Å². The number of hydrogen-bond acceptors (Lipinski definition) is 4. The van der Waals surface area contributed by atoms with Gasteiger partial charge in [-0.2, -0.15) is 0 Å². The SMILES string of the molecule is COC(=O)c1cc(F)cc(Br)c1NC(=O)OCc1ccccc1. The lowest BCUT2D eigenvalue weighted by atomic mass is 10.1. The largest absolute Gasteiger partial charge is 0.465 e. The van der Waals surface area contributed by atoms with Crippen molar-refractivity contribution < 1.29 is 23.5 Å². The second kappa shape index (κ2) is 7.73. The average Bonchev–Trinajstić information content (AvgIpc) is 2.55. The number of esters is 1. The number of amides is 1.